The molecule has 0 spiro atoms. The van der Waals surface area contributed by atoms with Gasteiger partial charge in [0.25, 0.3) is 0 Å². The smallest absolute Gasteiger partial charge is 0.377 e. The number of para-hydroxylation sites is 1. The minimum atomic E-state index is -4.63. The van der Waals surface area contributed by atoms with Crippen molar-refractivity contribution in [3.8, 4) is 0 Å². The second-order valence-electron chi connectivity index (χ2n) is 6.09. The number of hydrogen-bond donors (Lipinski definition) is 2. The minimum absolute atomic E-state index is 0.0297. The van der Waals surface area contributed by atoms with E-state index < -0.39 is 18.2 Å². The Balaban J connectivity index is 1.84. The highest BCUT2D eigenvalue weighted by Gasteiger charge is 2.37. The van der Waals surface area contributed by atoms with Gasteiger partial charge in [-0.3, -0.25) is 4.90 Å². The van der Waals surface area contributed by atoms with Crippen LogP contribution >= 0.6 is 11.6 Å². The number of nitrogens with one attached hydrogen (secondary N) is 1. The van der Waals surface area contributed by atoms with Crippen molar-refractivity contribution in [2.75, 3.05) is 18.1 Å². The molecule has 3 heterocycles. The summed E-state index contributed by atoms with van der Waals surface area (Å²) in [7, 11) is 0. The van der Waals surface area contributed by atoms with Gasteiger partial charge in [-0.2, -0.15) is 13.2 Å². The van der Waals surface area contributed by atoms with Gasteiger partial charge in [0.1, 0.15) is 17.3 Å². The second kappa shape index (κ2) is 6.66. The number of aliphatic imine (C=N–C) groups is 1. The highest BCUT2D eigenvalue weighted by atomic mass is 35.5. The van der Waals surface area contributed by atoms with E-state index in [0.29, 0.717) is 24.5 Å². The molecule has 27 heavy (non-hydrogen) atoms. The van der Waals surface area contributed by atoms with Crippen LogP contribution in [0, 0.1) is 0 Å². The first-order chi connectivity index (χ1) is 12.8. The number of nitrogens with zero attached hydrogens (tertiary/aromatic N) is 3. The average Bonchev–Trinajstić information content (AvgIpc) is 2.58. The topological polar surface area (TPSA) is 70.0 Å². The zero-order chi connectivity index (χ0) is 19.2. The lowest BCUT2D eigenvalue weighted by molar-refractivity contribution is -0.141. The third-order valence-electron chi connectivity index (χ3n) is 4.22. The number of rotatable bonds is 2. The summed E-state index contributed by atoms with van der Waals surface area (Å²) in [6.07, 6.45) is -6.12. The van der Waals surface area contributed by atoms with Crippen LogP contribution in [-0.4, -0.2) is 41.5 Å². The first kappa shape index (κ1) is 18.0. The molecule has 2 aliphatic heterocycles. The predicted octanol–water partition coefficient (Wildman–Crippen LogP) is 2.92. The van der Waals surface area contributed by atoms with Crippen LogP contribution in [0.2, 0.25) is 5.02 Å². The summed E-state index contributed by atoms with van der Waals surface area (Å²) >= 11 is 6.19. The number of aliphatic hydroxyl groups excluding tert-OH is 1. The first-order valence-electron chi connectivity index (χ1n) is 8.07. The fourth-order valence-electron chi connectivity index (χ4n) is 2.84. The number of halogens is 4. The summed E-state index contributed by atoms with van der Waals surface area (Å²) in [6, 6.07) is 8.62. The minimum Gasteiger partial charge on any atom is -0.377 e. The summed E-state index contributed by atoms with van der Waals surface area (Å²) in [5.74, 6) is 0.179. The summed E-state index contributed by atoms with van der Waals surface area (Å²) in [5, 5.41) is 13.9. The maximum absolute atomic E-state index is 13.2. The van der Waals surface area contributed by atoms with Crippen molar-refractivity contribution in [3.63, 3.8) is 0 Å². The fourth-order valence-corrected chi connectivity index (χ4v) is 3.07. The van der Waals surface area contributed by atoms with E-state index in [0.717, 1.165) is 6.07 Å². The van der Waals surface area contributed by atoms with E-state index in [2.05, 4.69) is 15.3 Å². The summed E-state index contributed by atoms with van der Waals surface area (Å²) in [6.45, 7) is 0.902. The molecular formula is C17H14ClF3N4O2. The number of pyridine rings is 1. The molecule has 1 saturated heterocycles. The van der Waals surface area contributed by atoms with Gasteiger partial charge in [0.15, 0.2) is 0 Å². The monoisotopic (exact) mass is 398 g/mol. The van der Waals surface area contributed by atoms with Gasteiger partial charge in [-0.1, -0.05) is 23.7 Å². The van der Waals surface area contributed by atoms with E-state index >= 15 is 0 Å². The van der Waals surface area contributed by atoms with Crippen molar-refractivity contribution in [1.29, 1.82) is 0 Å². The van der Waals surface area contributed by atoms with Crippen LogP contribution < -0.4 is 10.2 Å². The van der Waals surface area contributed by atoms with Gasteiger partial charge in [0.05, 0.1) is 35.5 Å². The molecule has 0 bridgehead atoms. The lowest BCUT2D eigenvalue weighted by Gasteiger charge is -2.36. The van der Waals surface area contributed by atoms with Crippen molar-refractivity contribution < 1.29 is 23.0 Å². The van der Waals surface area contributed by atoms with Crippen LogP contribution in [-0.2, 0) is 10.9 Å². The Bertz CT molecular complexity index is 902. The Hall–Kier alpha value is -2.36. The maximum Gasteiger partial charge on any atom is 0.433 e. The van der Waals surface area contributed by atoms with Gasteiger partial charge < -0.3 is 15.2 Å². The van der Waals surface area contributed by atoms with Crippen molar-refractivity contribution in [3.05, 3.63) is 52.7 Å². The Morgan fingerprint density at radius 1 is 1.19 bits per heavy atom. The normalized spacial score (nSPS) is 20.0. The van der Waals surface area contributed by atoms with Crippen molar-refractivity contribution >= 4 is 28.9 Å². The van der Waals surface area contributed by atoms with E-state index in [9.17, 15) is 18.3 Å². The van der Waals surface area contributed by atoms with Crippen LogP contribution in [0.15, 0.2) is 41.4 Å². The molecule has 4 rings (SSSR count). The zero-order valence-electron chi connectivity index (χ0n) is 13.7. The van der Waals surface area contributed by atoms with E-state index in [1.54, 1.807) is 24.3 Å². The van der Waals surface area contributed by atoms with Crippen LogP contribution in [0.4, 0.5) is 24.7 Å². The molecule has 0 amide bonds. The first-order valence-corrected chi connectivity index (χ1v) is 8.45. The number of amidine groups is 1. The number of fused-ring (bicyclic) bond motifs is 1. The molecule has 142 valence electrons. The highest BCUT2D eigenvalue weighted by molar-refractivity contribution is 6.33. The van der Waals surface area contributed by atoms with Crippen molar-refractivity contribution in [1.82, 2.24) is 10.3 Å². The van der Waals surface area contributed by atoms with Gasteiger partial charge in [-0.05, 0) is 24.3 Å². The largest absolute Gasteiger partial charge is 0.433 e. The molecule has 6 nitrogen and oxygen atoms in total. The number of alkyl halides is 3. The maximum atomic E-state index is 13.2. The molecule has 1 aromatic heterocycles. The molecule has 1 fully saturated rings. The molecule has 2 N–H and O–H groups in total. The van der Waals surface area contributed by atoms with Gasteiger partial charge in [-0.15, -0.1) is 0 Å². The van der Waals surface area contributed by atoms with Crippen molar-refractivity contribution in [2.45, 2.75) is 18.6 Å². The standard InChI is InChI=1S/C17H14ClF3N4O2/c18-11-3-1-2-4-12(11)25-15-10(5-6-13(23-15)17(19,20)21)14(24-16(25)26)22-9-7-27-8-9/h1-6,9,16,26H,7-8H2,(H,22,24). The number of aromatic nitrogens is 1. The van der Waals surface area contributed by atoms with Gasteiger partial charge in [0.2, 0.25) is 6.35 Å². The van der Waals surface area contributed by atoms with Gasteiger partial charge >= 0.3 is 6.18 Å². The quantitative estimate of drug-likeness (QED) is 0.814. The Labute approximate surface area is 157 Å². The van der Waals surface area contributed by atoms with Crippen LogP contribution in [0.5, 0.6) is 0 Å². The third kappa shape index (κ3) is 3.33. The molecule has 2 aromatic rings. The van der Waals surface area contributed by atoms with Gasteiger partial charge in [0, 0.05) is 0 Å². The third-order valence-corrected chi connectivity index (χ3v) is 4.53. The van der Waals surface area contributed by atoms with E-state index in [4.69, 9.17) is 16.3 Å². The SMILES string of the molecule is OC1N=C(NC2COC2)c2ccc(C(F)(F)F)nc2N1c1ccccc1Cl. The molecule has 2 aliphatic rings. The lowest BCUT2D eigenvalue weighted by atomic mass is 10.1. The average molecular weight is 399 g/mol. The molecular weight excluding hydrogens is 385 g/mol. The molecule has 1 atom stereocenters. The zero-order valence-corrected chi connectivity index (χ0v) is 14.5. The molecule has 0 saturated carbocycles. The molecule has 0 radical (unpaired) electrons. The van der Waals surface area contributed by atoms with Crippen LogP contribution in [0.1, 0.15) is 11.3 Å². The molecule has 1 aromatic carbocycles. The predicted molar refractivity (Wildman–Crippen MR) is 93.1 cm³/mol. The highest BCUT2D eigenvalue weighted by Crippen LogP contribution is 2.39. The number of anilines is 2. The summed E-state index contributed by atoms with van der Waals surface area (Å²) < 4.78 is 44.7. The Morgan fingerprint density at radius 2 is 1.93 bits per heavy atom. The van der Waals surface area contributed by atoms with Gasteiger partial charge in [-0.25, -0.2) is 9.98 Å². The van der Waals surface area contributed by atoms with Crippen molar-refractivity contribution in [2.24, 2.45) is 4.99 Å². The van der Waals surface area contributed by atoms with E-state index in [1.807, 2.05) is 0 Å². The molecule has 0 aliphatic carbocycles. The molecule has 10 heteroatoms. The molecule has 1 unspecified atom stereocenters. The van der Waals surface area contributed by atoms with E-state index in [-0.39, 0.29) is 22.7 Å². The number of benzene rings is 1. The lowest BCUT2D eigenvalue weighted by Crippen LogP contribution is -2.51. The van der Waals surface area contributed by atoms with E-state index in [1.165, 1.54) is 11.0 Å². The summed E-state index contributed by atoms with van der Waals surface area (Å²) in [5.41, 5.74) is -0.437. The number of ether oxygens (including phenoxy) is 1. The number of hydrogen-bond acceptors (Lipinski definition) is 6. The number of aliphatic hydroxyl groups is 1. The Kier molecular flexibility index (Phi) is 4.45. The second-order valence-corrected chi connectivity index (χ2v) is 6.50. The summed E-state index contributed by atoms with van der Waals surface area (Å²) in [4.78, 5) is 9.13. The van der Waals surface area contributed by atoms with Crippen LogP contribution in [0.3, 0.4) is 0 Å². The fraction of sp³-hybridized carbons (Fsp3) is 0.294. The Morgan fingerprint density at radius 3 is 2.56 bits per heavy atom. The van der Waals surface area contributed by atoms with Crippen LogP contribution in [0.25, 0.3) is 0 Å².